The minimum atomic E-state index is 0.0655. The van der Waals surface area contributed by atoms with Crippen molar-refractivity contribution in [2.75, 3.05) is 12.9 Å². The Morgan fingerprint density at radius 1 is 1.19 bits per heavy atom. The lowest BCUT2D eigenvalue weighted by Crippen LogP contribution is -2.55. The minimum Gasteiger partial charge on any atom is -0.394 e. The van der Waals surface area contributed by atoms with Gasteiger partial charge in [-0.25, -0.2) is 0 Å². The van der Waals surface area contributed by atoms with E-state index in [9.17, 15) is 5.11 Å². The molecular formula is C13H25NOS. The second-order valence-corrected chi connectivity index (χ2v) is 6.53. The summed E-state index contributed by atoms with van der Waals surface area (Å²) in [6, 6.07) is 0.633. The van der Waals surface area contributed by atoms with Gasteiger partial charge in [-0.1, -0.05) is 25.7 Å². The Hall–Kier alpha value is 0.270. The van der Waals surface area contributed by atoms with Crippen LogP contribution in [0.1, 0.15) is 51.4 Å². The number of nitrogens with one attached hydrogen (secondary N) is 1. The molecule has 2 nitrogen and oxygen atoms in total. The van der Waals surface area contributed by atoms with Gasteiger partial charge in [0.1, 0.15) is 0 Å². The lowest BCUT2D eigenvalue weighted by molar-refractivity contribution is 0.142. The van der Waals surface area contributed by atoms with Gasteiger partial charge < -0.3 is 10.4 Å². The predicted octanol–water partition coefficient (Wildman–Crippen LogP) is 2.56. The Morgan fingerprint density at radius 3 is 2.50 bits per heavy atom. The molecule has 2 unspecified atom stereocenters. The van der Waals surface area contributed by atoms with Crippen LogP contribution in [-0.4, -0.2) is 34.8 Å². The average Bonchev–Trinajstić information content (AvgIpc) is 2.79. The summed E-state index contributed by atoms with van der Waals surface area (Å²) in [4.78, 5) is 0. The Kier molecular flexibility index (Phi) is 4.57. The lowest BCUT2D eigenvalue weighted by atomic mass is 9.90. The van der Waals surface area contributed by atoms with Crippen molar-refractivity contribution in [3.05, 3.63) is 0 Å². The van der Waals surface area contributed by atoms with Gasteiger partial charge in [0.05, 0.1) is 6.61 Å². The van der Waals surface area contributed by atoms with Gasteiger partial charge in [-0.05, 0) is 31.9 Å². The third-order valence-electron chi connectivity index (χ3n) is 4.36. The molecule has 0 aliphatic heterocycles. The topological polar surface area (TPSA) is 32.3 Å². The maximum Gasteiger partial charge on any atom is 0.0613 e. The average molecular weight is 243 g/mol. The highest BCUT2D eigenvalue weighted by Crippen LogP contribution is 2.34. The van der Waals surface area contributed by atoms with Crippen molar-refractivity contribution < 1.29 is 5.11 Å². The molecule has 2 saturated carbocycles. The van der Waals surface area contributed by atoms with Gasteiger partial charge in [0.15, 0.2) is 0 Å². The maximum atomic E-state index is 9.64. The van der Waals surface area contributed by atoms with E-state index in [1.807, 2.05) is 11.8 Å². The molecule has 0 radical (unpaired) electrons. The first-order valence-corrected chi connectivity index (χ1v) is 8.00. The highest BCUT2D eigenvalue weighted by molar-refractivity contribution is 7.99. The van der Waals surface area contributed by atoms with Crippen LogP contribution < -0.4 is 5.32 Å². The van der Waals surface area contributed by atoms with E-state index in [-0.39, 0.29) is 5.54 Å². The first-order valence-electron chi connectivity index (χ1n) is 6.71. The highest BCUT2D eigenvalue weighted by Gasteiger charge is 2.37. The summed E-state index contributed by atoms with van der Waals surface area (Å²) in [6.07, 6.45) is 12.5. The molecule has 94 valence electrons. The van der Waals surface area contributed by atoms with E-state index in [4.69, 9.17) is 0 Å². The van der Waals surface area contributed by atoms with Crippen molar-refractivity contribution in [2.24, 2.45) is 0 Å². The SMILES string of the molecule is CSC1CCCCC1NC1(CO)CCCC1. The summed E-state index contributed by atoms with van der Waals surface area (Å²) in [5.41, 5.74) is 0.0655. The molecule has 0 aromatic heterocycles. The van der Waals surface area contributed by atoms with Gasteiger partial charge in [0.2, 0.25) is 0 Å². The number of rotatable bonds is 4. The fourth-order valence-corrected chi connectivity index (χ4v) is 4.27. The fraction of sp³-hybridized carbons (Fsp3) is 1.00. The van der Waals surface area contributed by atoms with Gasteiger partial charge >= 0.3 is 0 Å². The quantitative estimate of drug-likeness (QED) is 0.796. The zero-order valence-corrected chi connectivity index (χ0v) is 11.2. The zero-order valence-electron chi connectivity index (χ0n) is 10.4. The molecule has 2 aliphatic carbocycles. The molecule has 0 spiro atoms. The second-order valence-electron chi connectivity index (χ2n) is 5.45. The molecule has 3 heteroatoms. The monoisotopic (exact) mass is 243 g/mol. The van der Waals surface area contributed by atoms with E-state index in [1.54, 1.807) is 0 Å². The molecule has 2 atom stereocenters. The summed E-state index contributed by atoms with van der Waals surface area (Å²) >= 11 is 2.00. The second kappa shape index (κ2) is 5.74. The van der Waals surface area contributed by atoms with Crippen molar-refractivity contribution in [3.8, 4) is 0 Å². The molecule has 2 N–H and O–H groups in total. The number of hydrogen-bond donors (Lipinski definition) is 2. The Labute approximate surface area is 104 Å². The Morgan fingerprint density at radius 2 is 1.88 bits per heavy atom. The van der Waals surface area contributed by atoms with E-state index in [0.717, 1.165) is 5.25 Å². The van der Waals surface area contributed by atoms with Crippen LogP contribution in [0.5, 0.6) is 0 Å². The van der Waals surface area contributed by atoms with E-state index < -0.39 is 0 Å². The molecule has 0 bridgehead atoms. The maximum absolute atomic E-state index is 9.64. The molecule has 2 fully saturated rings. The van der Waals surface area contributed by atoms with Crippen molar-refractivity contribution >= 4 is 11.8 Å². The molecule has 0 amide bonds. The summed E-state index contributed by atoms with van der Waals surface area (Å²) in [5.74, 6) is 0. The van der Waals surface area contributed by atoms with Gasteiger partial charge in [-0.15, -0.1) is 0 Å². The van der Waals surface area contributed by atoms with Crippen LogP contribution in [0.3, 0.4) is 0 Å². The lowest BCUT2D eigenvalue weighted by Gasteiger charge is -2.39. The standard InChI is InChI=1S/C13H25NOS/c1-16-12-7-3-2-6-11(12)14-13(10-15)8-4-5-9-13/h11-12,14-15H,2-10H2,1H3. The van der Waals surface area contributed by atoms with Crippen LogP contribution in [0.15, 0.2) is 0 Å². The summed E-state index contributed by atoms with van der Waals surface area (Å²) < 4.78 is 0. The summed E-state index contributed by atoms with van der Waals surface area (Å²) in [7, 11) is 0. The van der Waals surface area contributed by atoms with Crippen molar-refractivity contribution in [2.45, 2.75) is 68.2 Å². The van der Waals surface area contributed by atoms with Crippen LogP contribution in [0.4, 0.5) is 0 Å². The van der Waals surface area contributed by atoms with E-state index in [2.05, 4.69) is 11.6 Å². The van der Waals surface area contributed by atoms with E-state index in [1.165, 1.54) is 51.4 Å². The number of thioether (sulfide) groups is 1. The van der Waals surface area contributed by atoms with Crippen LogP contribution in [0.25, 0.3) is 0 Å². The molecule has 2 rings (SSSR count). The van der Waals surface area contributed by atoms with Crippen molar-refractivity contribution in [3.63, 3.8) is 0 Å². The van der Waals surface area contributed by atoms with Gasteiger partial charge in [0.25, 0.3) is 0 Å². The summed E-state index contributed by atoms with van der Waals surface area (Å²) in [6.45, 7) is 0.324. The predicted molar refractivity (Wildman–Crippen MR) is 71.0 cm³/mol. The van der Waals surface area contributed by atoms with Crippen LogP contribution >= 0.6 is 11.8 Å². The van der Waals surface area contributed by atoms with Gasteiger partial charge in [0, 0.05) is 16.8 Å². The van der Waals surface area contributed by atoms with Gasteiger partial charge in [-0.3, -0.25) is 0 Å². The van der Waals surface area contributed by atoms with Crippen LogP contribution in [0, 0.1) is 0 Å². The highest BCUT2D eigenvalue weighted by atomic mass is 32.2. The Balaban J connectivity index is 1.95. The fourth-order valence-electron chi connectivity index (χ4n) is 3.34. The van der Waals surface area contributed by atoms with E-state index in [0.29, 0.717) is 12.6 Å². The van der Waals surface area contributed by atoms with Gasteiger partial charge in [-0.2, -0.15) is 11.8 Å². The summed E-state index contributed by atoms with van der Waals surface area (Å²) in [5, 5.41) is 14.2. The molecule has 0 aromatic rings. The molecule has 0 heterocycles. The minimum absolute atomic E-state index is 0.0655. The third-order valence-corrected chi connectivity index (χ3v) is 5.53. The van der Waals surface area contributed by atoms with E-state index >= 15 is 0 Å². The number of aliphatic hydroxyl groups is 1. The number of hydrogen-bond acceptors (Lipinski definition) is 3. The van der Waals surface area contributed by atoms with Crippen LogP contribution in [0.2, 0.25) is 0 Å². The molecule has 16 heavy (non-hydrogen) atoms. The van der Waals surface area contributed by atoms with Crippen molar-refractivity contribution in [1.29, 1.82) is 0 Å². The smallest absolute Gasteiger partial charge is 0.0613 e. The largest absolute Gasteiger partial charge is 0.394 e. The third kappa shape index (κ3) is 2.74. The normalized spacial score (nSPS) is 34.1. The molecule has 0 aromatic carbocycles. The van der Waals surface area contributed by atoms with Crippen LogP contribution in [-0.2, 0) is 0 Å². The molecule has 0 saturated heterocycles. The van der Waals surface area contributed by atoms with Crippen molar-refractivity contribution in [1.82, 2.24) is 5.32 Å². The zero-order chi connectivity index (χ0) is 11.4. The number of aliphatic hydroxyl groups excluding tert-OH is 1. The Bertz CT molecular complexity index is 216. The molecular weight excluding hydrogens is 218 g/mol. The first-order chi connectivity index (χ1) is 7.79. The first kappa shape index (κ1) is 12.7. The molecule has 2 aliphatic rings.